The van der Waals surface area contributed by atoms with Crippen molar-refractivity contribution in [3.63, 3.8) is 0 Å². The summed E-state index contributed by atoms with van der Waals surface area (Å²) in [5, 5.41) is 0.651. The molecule has 0 saturated heterocycles. The minimum absolute atomic E-state index is 0.0158. The Kier molecular flexibility index (Phi) is 7.21. The maximum Gasteiger partial charge on any atom is 0.416 e. The average molecular weight is 508 g/mol. The molecule has 9 heteroatoms. The highest BCUT2D eigenvalue weighted by Crippen LogP contribution is 2.37. The van der Waals surface area contributed by atoms with Gasteiger partial charge in [-0.05, 0) is 66.8 Å². The van der Waals surface area contributed by atoms with Gasteiger partial charge in [0.25, 0.3) is 0 Å². The van der Waals surface area contributed by atoms with Gasteiger partial charge in [-0.15, -0.1) is 0 Å². The SMILES string of the molecule is CN=S(=O)(NCCCN1c2ccccc2CCc2ccc(Cl)cc21)c1cccc(C(F)(F)F)c1. The maximum atomic E-state index is 13.3. The number of hydrogen-bond donors (Lipinski definition) is 1. The first-order valence-electron chi connectivity index (χ1n) is 10.9. The summed E-state index contributed by atoms with van der Waals surface area (Å²) < 4.78 is 59.5. The Balaban J connectivity index is 1.53. The molecule has 0 amide bonds. The molecule has 1 aliphatic heterocycles. The number of benzene rings is 3. The van der Waals surface area contributed by atoms with Crippen LogP contribution in [0.5, 0.6) is 0 Å². The monoisotopic (exact) mass is 507 g/mol. The highest BCUT2D eigenvalue weighted by atomic mass is 35.5. The van der Waals surface area contributed by atoms with E-state index in [4.69, 9.17) is 11.6 Å². The van der Waals surface area contributed by atoms with Gasteiger partial charge in [-0.1, -0.05) is 41.9 Å². The molecule has 0 saturated carbocycles. The number of rotatable bonds is 6. The molecule has 0 aromatic heterocycles. The summed E-state index contributed by atoms with van der Waals surface area (Å²) in [4.78, 5) is 2.22. The van der Waals surface area contributed by atoms with E-state index in [-0.39, 0.29) is 4.90 Å². The number of hydrogen-bond acceptors (Lipinski definition) is 3. The van der Waals surface area contributed by atoms with Crippen LogP contribution in [0, 0.1) is 0 Å². The Labute approximate surface area is 203 Å². The van der Waals surface area contributed by atoms with Crippen molar-refractivity contribution in [2.45, 2.75) is 30.3 Å². The molecule has 0 fully saturated rings. The largest absolute Gasteiger partial charge is 0.416 e. The molecule has 4 nitrogen and oxygen atoms in total. The predicted octanol–water partition coefficient (Wildman–Crippen LogP) is 6.65. The summed E-state index contributed by atoms with van der Waals surface area (Å²) in [7, 11) is -1.84. The van der Waals surface area contributed by atoms with Gasteiger partial charge < -0.3 is 4.90 Å². The molecular weight excluding hydrogens is 483 g/mol. The number of para-hydroxylation sites is 1. The van der Waals surface area contributed by atoms with E-state index in [2.05, 4.69) is 26.1 Å². The lowest BCUT2D eigenvalue weighted by atomic mass is 10.0. The Morgan fingerprint density at radius 1 is 1.00 bits per heavy atom. The second-order valence-corrected chi connectivity index (χ2v) is 10.6. The fraction of sp³-hybridized carbons (Fsp3) is 0.280. The zero-order chi connectivity index (χ0) is 24.3. The predicted molar refractivity (Wildman–Crippen MR) is 131 cm³/mol. The first kappa shape index (κ1) is 24.6. The van der Waals surface area contributed by atoms with Crippen molar-refractivity contribution in [1.82, 2.24) is 4.72 Å². The Morgan fingerprint density at radius 3 is 2.47 bits per heavy atom. The molecule has 4 rings (SSSR count). The Morgan fingerprint density at radius 2 is 1.74 bits per heavy atom. The van der Waals surface area contributed by atoms with Gasteiger partial charge in [0, 0.05) is 36.5 Å². The average Bonchev–Trinajstić information content (AvgIpc) is 2.98. The molecule has 1 N–H and O–H groups in total. The summed E-state index contributed by atoms with van der Waals surface area (Å²) in [5.74, 6) is 0. The number of aryl methyl sites for hydroxylation is 2. The van der Waals surface area contributed by atoms with Crippen LogP contribution in [0.4, 0.5) is 24.5 Å². The number of alkyl halides is 3. The third-order valence-corrected chi connectivity index (χ3v) is 8.12. The third kappa shape index (κ3) is 5.24. The van der Waals surface area contributed by atoms with E-state index in [9.17, 15) is 17.4 Å². The van der Waals surface area contributed by atoms with Crippen LogP contribution >= 0.6 is 11.6 Å². The summed E-state index contributed by atoms with van der Waals surface area (Å²) in [5.41, 5.74) is 3.72. The number of fused-ring (bicyclic) bond motifs is 2. The van der Waals surface area contributed by atoms with E-state index in [1.807, 2.05) is 30.3 Å². The number of halogens is 4. The van der Waals surface area contributed by atoms with E-state index in [1.54, 1.807) is 0 Å². The van der Waals surface area contributed by atoms with Crippen LogP contribution in [0.15, 0.2) is 76.0 Å². The van der Waals surface area contributed by atoms with Crippen LogP contribution in [0.2, 0.25) is 5.02 Å². The van der Waals surface area contributed by atoms with Crippen molar-refractivity contribution in [2.24, 2.45) is 4.36 Å². The van der Waals surface area contributed by atoms with Gasteiger partial charge in [0.1, 0.15) is 9.92 Å². The van der Waals surface area contributed by atoms with Crippen LogP contribution < -0.4 is 9.62 Å². The van der Waals surface area contributed by atoms with Gasteiger partial charge in [-0.25, -0.2) is 13.3 Å². The fourth-order valence-corrected chi connectivity index (χ4v) is 5.81. The van der Waals surface area contributed by atoms with E-state index in [0.717, 1.165) is 36.3 Å². The molecule has 1 heterocycles. The topological polar surface area (TPSA) is 44.7 Å². The van der Waals surface area contributed by atoms with Crippen molar-refractivity contribution < 1.29 is 17.4 Å². The van der Waals surface area contributed by atoms with Crippen molar-refractivity contribution in [3.05, 3.63) is 88.4 Å². The van der Waals surface area contributed by atoms with E-state index >= 15 is 0 Å². The third-order valence-electron chi connectivity index (χ3n) is 5.88. The molecule has 0 aliphatic carbocycles. The lowest BCUT2D eigenvalue weighted by Gasteiger charge is -2.27. The first-order valence-corrected chi connectivity index (χ1v) is 12.8. The normalized spacial score (nSPS) is 15.1. The fourth-order valence-electron chi connectivity index (χ4n) is 4.17. The molecule has 0 bridgehead atoms. The van der Waals surface area contributed by atoms with Crippen molar-refractivity contribution in [2.75, 3.05) is 25.0 Å². The van der Waals surface area contributed by atoms with Gasteiger partial charge in [-0.2, -0.15) is 13.2 Å². The Hall–Kier alpha value is -2.55. The van der Waals surface area contributed by atoms with Gasteiger partial charge in [0.2, 0.25) is 0 Å². The van der Waals surface area contributed by atoms with Crippen LogP contribution in [-0.2, 0) is 28.9 Å². The van der Waals surface area contributed by atoms with Gasteiger partial charge in [0.15, 0.2) is 0 Å². The summed E-state index contributed by atoms with van der Waals surface area (Å²) >= 11 is 6.31. The number of nitrogens with zero attached hydrogens (tertiary/aromatic N) is 2. The smallest absolute Gasteiger partial charge is 0.341 e. The van der Waals surface area contributed by atoms with Gasteiger partial charge >= 0.3 is 6.18 Å². The zero-order valence-electron chi connectivity index (χ0n) is 18.6. The molecule has 0 spiro atoms. The molecule has 1 atom stereocenters. The zero-order valence-corrected chi connectivity index (χ0v) is 20.2. The van der Waals surface area contributed by atoms with Crippen LogP contribution in [0.1, 0.15) is 23.1 Å². The van der Waals surface area contributed by atoms with E-state index < -0.39 is 21.7 Å². The molecule has 0 radical (unpaired) electrons. The highest BCUT2D eigenvalue weighted by molar-refractivity contribution is 7.91. The minimum atomic E-state index is -4.51. The number of anilines is 2. The molecule has 1 aliphatic rings. The summed E-state index contributed by atoms with van der Waals surface area (Å²) in [6.45, 7) is 0.917. The molecule has 3 aromatic carbocycles. The molecule has 34 heavy (non-hydrogen) atoms. The van der Waals surface area contributed by atoms with E-state index in [1.165, 1.54) is 30.3 Å². The van der Waals surface area contributed by atoms with Crippen LogP contribution in [0.25, 0.3) is 0 Å². The maximum absolute atomic E-state index is 13.3. The molecule has 3 aromatic rings. The van der Waals surface area contributed by atoms with Gasteiger partial charge in [-0.3, -0.25) is 0 Å². The molecule has 1 unspecified atom stereocenters. The van der Waals surface area contributed by atoms with Crippen molar-refractivity contribution >= 4 is 32.9 Å². The van der Waals surface area contributed by atoms with Crippen molar-refractivity contribution in [1.29, 1.82) is 0 Å². The quantitative estimate of drug-likeness (QED) is 0.380. The lowest BCUT2D eigenvalue weighted by molar-refractivity contribution is -0.137. The minimum Gasteiger partial charge on any atom is -0.341 e. The highest BCUT2D eigenvalue weighted by Gasteiger charge is 2.31. The first-order chi connectivity index (χ1) is 16.2. The summed E-state index contributed by atoms with van der Waals surface area (Å²) in [6, 6.07) is 18.6. The van der Waals surface area contributed by atoms with Crippen LogP contribution in [0.3, 0.4) is 0 Å². The van der Waals surface area contributed by atoms with E-state index in [0.29, 0.717) is 24.5 Å². The standard InChI is InChI=1S/C25H25ClF3N3OS/c1-30-34(33,22-8-4-7-20(16-22)25(27,28)29)31-14-5-15-32-23-9-3-2-6-18(23)10-11-19-12-13-21(26)17-24(19)32/h2-4,6-9,12-13,16-17H,5,10-11,14-15H2,1H3,(H,30,31,33). The second-order valence-electron chi connectivity index (χ2n) is 8.04. The lowest BCUT2D eigenvalue weighted by Crippen LogP contribution is -2.28. The summed E-state index contributed by atoms with van der Waals surface area (Å²) in [6.07, 6.45) is -2.11. The Bertz CT molecular complexity index is 1300. The number of nitrogens with one attached hydrogen (secondary N) is 1. The van der Waals surface area contributed by atoms with Crippen LogP contribution in [-0.4, -0.2) is 24.3 Å². The van der Waals surface area contributed by atoms with Crippen molar-refractivity contribution in [3.8, 4) is 0 Å². The second kappa shape index (κ2) is 9.98. The molecular formula is C25H25ClF3N3OS. The molecule has 180 valence electrons. The van der Waals surface area contributed by atoms with Gasteiger partial charge in [0.05, 0.1) is 10.5 Å².